The lowest BCUT2D eigenvalue weighted by Gasteiger charge is -2.36. The molecule has 0 aliphatic heterocycles. The van der Waals surface area contributed by atoms with Crippen molar-refractivity contribution >= 4 is 11.8 Å². The van der Waals surface area contributed by atoms with E-state index < -0.39 is 0 Å². The zero-order valence-corrected chi connectivity index (χ0v) is 20.4. The molecule has 1 heterocycles. The molecule has 1 aliphatic carbocycles. The number of thioether (sulfide) groups is 1. The van der Waals surface area contributed by atoms with E-state index in [0.29, 0.717) is 6.54 Å². The Morgan fingerprint density at radius 3 is 2.53 bits per heavy atom. The van der Waals surface area contributed by atoms with E-state index in [9.17, 15) is 4.79 Å². The summed E-state index contributed by atoms with van der Waals surface area (Å²) in [6, 6.07) is 18.9. The van der Waals surface area contributed by atoms with Crippen LogP contribution in [0.3, 0.4) is 0 Å². The molecule has 1 aromatic heterocycles. The van der Waals surface area contributed by atoms with Crippen molar-refractivity contribution in [2.75, 3.05) is 5.75 Å². The van der Waals surface area contributed by atoms with Crippen LogP contribution in [-0.4, -0.2) is 15.3 Å². The van der Waals surface area contributed by atoms with Gasteiger partial charge in [0.05, 0.1) is 11.3 Å². The first-order valence-corrected chi connectivity index (χ1v) is 13.0. The molecule has 4 heteroatoms. The zero-order valence-electron chi connectivity index (χ0n) is 19.6. The fourth-order valence-corrected chi connectivity index (χ4v) is 5.72. The van der Waals surface area contributed by atoms with Crippen LogP contribution in [-0.2, 0) is 24.8 Å². The molecular weight excluding hydrogens is 412 g/mol. The number of nitrogens with zero attached hydrogens (tertiary/aromatic N) is 2. The fourth-order valence-electron chi connectivity index (χ4n) is 4.70. The highest BCUT2D eigenvalue weighted by Gasteiger charge is 2.38. The first-order valence-electron chi connectivity index (χ1n) is 12.0. The quantitative estimate of drug-likeness (QED) is 0.209. The number of unbranched alkanes of at least 4 members (excludes halogenated alkanes) is 2. The van der Waals surface area contributed by atoms with Gasteiger partial charge in [-0.3, -0.25) is 9.36 Å². The van der Waals surface area contributed by atoms with Crippen LogP contribution in [0.2, 0.25) is 0 Å². The molecule has 0 bridgehead atoms. The van der Waals surface area contributed by atoms with Crippen LogP contribution in [0.25, 0.3) is 11.3 Å². The smallest absolute Gasteiger partial charge is 0.258 e. The number of fused-ring (bicyclic) bond motifs is 3. The summed E-state index contributed by atoms with van der Waals surface area (Å²) < 4.78 is 1.96. The second-order valence-electron chi connectivity index (χ2n) is 9.11. The average molecular weight is 447 g/mol. The Balaban J connectivity index is 1.81. The minimum absolute atomic E-state index is 0.155. The van der Waals surface area contributed by atoms with Crippen LogP contribution >= 0.6 is 11.8 Å². The van der Waals surface area contributed by atoms with E-state index in [1.165, 1.54) is 24.0 Å². The highest BCUT2D eigenvalue weighted by molar-refractivity contribution is 7.99. The van der Waals surface area contributed by atoms with Crippen LogP contribution in [0.1, 0.15) is 63.1 Å². The lowest BCUT2D eigenvalue weighted by Crippen LogP contribution is -2.40. The second-order valence-corrected chi connectivity index (χ2v) is 10.2. The monoisotopic (exact) mass is 446 g/mol. The molecule has 4 rings (SSSR count). The Labute approximate surface area is 196 Å². The minimum atomic E-state index is -0.187. The molecule has 3 aromatic rings. The highest BCUT2D eigenvalue weighted by Crippen LogP contribution is 2.43. The van der Waals surface area contributed by atoms with Crippen LogP contribution in [0.15, 0.2) is 64.5 Å². The summed E-state index contributed by atoms with van der Waals surface area (Å²) in [6.07, 6.45) is 6.21. The Kier molecular flexibility index (Phi) is 7.20. The van der Waals surface area contributed by atoms with Crippen molar-refractivity contribution in [2.45, 2.75) is 76.4 Å². The van der Waals surface area contributed by atoms with Gasteiger partial charge in [0.2, 0.25) is 0 Å². The second kappa shape index (κ2) is 10.1. The normalized spacial score (nSPS) is 17.1. The third kappa shape index (κ3) is 4.56. The number of hydrogen-bond donors (Lipinski definition) is 0. The van der Waals surface area contributed by atoms with E-state index in [0.717, 1.165) is 53.4 Å². The zero-order chi connectivity index (χ0) is 22.6. The maximum atomic E-state index is 14.0. The van der Waals surface area contributed by atoms with Crippen molar-refractivity contribution in [3.8, 4) is 11.3 Å². The molecule has 168 valence electrons. The maximum absolute atomic E-state index is 14.0. The molecule has 1 atom stereocenters. The molecule has 0 amide bonds. The van der Waals surface area contributed by atoms with E-state index in [2.05, 4.69) is 69.3 Å². The molecule has 2 aromatic carbocycles. The molecule has 3 nitrogen and oxygen atoms in total. The van der Waals surface area contributed by atoms with Gasteiger partial charge >= 0.3 is 0 Å². The van der Waals surface area contributed by atoms with Crippen LogP contribution < -0.4 is 5.56 Å². The molecule has 0 radical (unpaired) electrons. The van der Waals surface area contributed by atoms with Gasteiger partial charge in [-0.05, 0) is 36.8 Å². The predicted molar refractivity (Wildman–Crippen MR) is 136 cm³/mol. The van der Waals surface area contributed by atoms with Crippen LogP contribution in [0.5, 0.6) is 0 Å². The summed E-state index contributed by atoms with van der Waals surface area (Å²) in [7, 11) is 0. The van der Waals surface area contributed by atoms with Gasteiger partial charge in [-0.25, -0.2) is 4.98 Å². The number of aryl methyl sites for hydroxylation is 1. The number of rotatable bonds is 9. The first kappa shape index (κ1) is 22.8. The fraction of sp³-hybridized carbons (Fsp3) is 0.429. The number of aromatic nitrogens is 2. The largest absolute Gasteiger partial charge is 0.287 e. The van der Waals surface area contributed by atoms with Gasteiger partial charge in [0.1, 0.15) is 0 Å². The molecule has 1 unspecified atom stereocenters. The first-order chi connectivity index (χ1) is 15.6. The van der Waals surface area contributed by atoms with Gasteiger partial charge in [-0.2, -0.15) is 0 Å². The molecule has 0 fully saturated rings. The maximum Gasteiger partial charge on any atom is 0.258 e. The van der Waals surface area contributed by atoms with Crippen molar-refractivity contribution in [2.24, 2.45) is 0 Å². The van der Waals surface area contributed by atoms with Gasteiger partial charge in [0.25, 0.3) is 5.56 Å². The summed E-state index contributed by atoms with van der Waals surface area (Å²) in [5, 5.41) is 0.871. The topological polar surface area (TPSA) is 34.9 Å². The van der Waals surface area contributed by atoms with Gasteiger partial charge in [-0.1, -0.05) is 100.0 Å². The van der Waals surface area contributed by atoms with E-state index >= 15 is 0 Å². The van der Waals surface area contributed by atoms with Gasteiger partial charge in [0.15, 0.2) is 5.16 Å². The van der Waals surface area contributed by atoms with Crippen molar-refractivity contribution in [1.82, 2.24) is 9.55 Å². The van der Waals surface area contributed by atoms with E-state index in [4.69, 9.17) is 4.98 Å². The summed E-state index contributed by atoms with van der Waals surface area (Å²) in [6.45, 7) is 7.32. The van der Waals surface area contributed by atoms with Crippen molar-refractivity contribution < 1.29 is 0 Å². The van der Waals surface area contributed by atoms with Gasteiger partial charge in [0, 0.05) is 23.3 Å². The lowest BCUT2D eigenvalue weighted by molar-refractivity contribution is 0.427. The Bertz CT molecular complexity index is 1120. The summed E-state index contributed by atoms with van der Waals surface area (Å²) in [5.74, 6) is 0.997. The van der Waals surface area contributed by atoms with Gasteiger partial charge < -0.3 is 0 Å². The van der Waals surface area contributed by atoms with Crippen molar-refractivity contribution in [3.05, 3.63) is 81.6 Å². The molecule has 1 aliphatic rings. The third-order valence-corrected chi connectivity index (χ3v) is 7.88. The molecule has 0 N–H and O–H groups in total. The van der Waals surface area contributed by atoms with Crippen molar-refractivity contribution in [1.29, 1.82) is 0 Å². The lowest BCUT2D eigenvalue weighted by atomic mass is 9.69. The standard InChI is InChI=1S/C28H34N2OS/c1-4-6-12-19-32-27-29-25-23-16-11-10-15-22(23)20-28(3,5-2)24(25)26(31)30(27)18-17-21-13-8-7-9-14-21/h7-11,13-16H,4-6,12,17-20H2,1-3H3. The highest BCUT2D eigenvalue weighted by atomic mass is 32.2. The van der Waals surface area contributed by atoms with E-state index in [-0.39, 0.29) is 11.0 Å². The Hall–Kier alpha value is -2.33. The summed E-state index contributed by atoms with van der Waals surface area (Å²) >= 11 is 1.74. The Morgan fingerprint density at radius 2 is 1.78 bits per heavy atom. The van der Waals surface area contributed by atoms with E-state index in [1.807, 2.05) is 10.6 Å². The van der Waals surface area contributed by atoms with Crippen LogP contribution in [0.4, 0.5) is 0 Å². The molecular formula is C28H34N2OS. The molecule has 0 saturated heterocycles. The minimum Gasteiger partial charge on any atom is -0.287 e. The molecule has 0 spiro atoms. The van der Waals surface area contributed by atoms with Crippen molar-refractivity contribution in [3.63, 3.8) is 0 Å². The average Bonchev–Trinajstić information content (AvgIpc) is 2.82. The molecule has 0 saturated carbocycles. The third-order valence-electron chi connectivity index (χ3n) is 6.82. The van der Waals surface area contributed by atoms with E-state index in [1.54, 1.807) is 11.8 Å². The SMILES string of the molecule is CCCCCSc1nc2c(c(=O)n1CCc1ccccc1)C(C)(CC)Cc1ccccc1-2. The number of hydrogen-bond acceptors (Lipinski definition) is 3. The van der Waals surface area contributed by atoms with Gasteiger partial charge in [-0.15, -0.1) is 0 Å². The summed E-state index contributed by atoms with van der Waals surface area (Å²) in [5.41, 5.74) is 5.48. The van der Waals surface area contributed by atoms with Crippen LogP contribution in [0, 0.1) is 0 Å². The predicted octanol–water partition coefficient (Wildman–Crippen LogP) is 6.66. The Morgan fingerprint density at radius 1 is 1.03 bits per heavy atom. The summed E-state index contributed by atoms with van der Waals surface area (Å²) in [4.78, 5) is 19.2. The molecule has 32 heavy (non-hydrogen) atoms. The number of benzene rings is 2.